The Hall–Kier alpha value is -2.85. The van der Waals surface area contributed by atoms with Crippen molar-refractivity contribution in [1.29, 1.82) is 0 Å². The molecule has 4 rings (SSSR count). The maximum absolute atomic E-state index is 13.3. The Morgan fingerprint density at radius 1 is 1.03 bits per heavy atom. The number of rotatable bonds is 6. The molecule has 1 fully saturated rings. The van der Waals surface area contributed by atoms with E-state index in [-0.39, 0.29) is 11.9 Å². The van der Waals surface area contributed by atoms with Crippen LogP contribution in [-0.2, 0) is 13.0 Å². The Kier molecular flexibility index (Phi) is 6.34. The predicted molar refractivity (Wildman–Crippen MR) is 121 cm³/mol. The lowest BCUT2D eigenvalue weighted by molar-refractivity contribution is 0.0931. The molecule has 4 nitrogen and oxygen atoms in total. The Balaban J connectivity index is 1.49. The summed E-state index contributed by atoms with van der Waals surface area (Å²) in [5.74, 6) is 0.346. The smallest absolute Gasteiger partial charge is 0.294 e. The maximum atomic E-state index is 13.3. The van der Waals surface area contributed by atoms with E-state index in [2.05, 4.69) is 67.3 Å². The third-order valence-corrected chi connectivity index (χ3v) is 5.98. The number of nitrogens with zero attached hydrogens (tertiary/aromatic N) is 2. The van der Waals surface area contributed by atoms with E-state index in [1.54, 1.807) is 18.4 Å². The van der Waals surface area contributed by atoms with Gasteiger partial charge in [0.05, 0.1) is 6.26 Å². The summed E-state index contributed by atoms with van der Waals surface area (Å²) in [5.41, 5.74) is 4.88. The van der Waals surface area contributed by atoms with Crippen LogP contribution in [0.2, 0.25) is 0 Å². The largest absolute Gasteiger partial charge is 0.459 e. The van der Waals surface area contributed by atoms with E-state index in [0.717, 1.165) is 44.6 Å². The molecule has 4 heteroatoms. The Labute approximate surface area is 179 Å². The maximum Gasteiger partial charge on any atom is 0.294 e. The second-order valence-corrected chi connectivity index (χ2v) is 8.17. The van der Waals surface area contributed by atoms with E-state index >= 15 is 0 Å². The monoisotopic (exact) mass is 402 g/mol. The number of amides is 1. The van der Waals surface area contributed by atoms with Crippen LogP contribution < -0.4 is 4.90 Å². The number of hydrogen-bond acceptors (Lipinski definition) is 3. The van der Waals surface area contributed by atoms with Crippen LogP contribution in [0.3, 0.4) is 0 Å². The van der Waals surface area contributed by atoms with Gasteiger partial charge in [-0.2, -0.15) is 0 Å². The summed E-state index contributed by atoms with van der Waals surface area (Å²) < 4.78 is 5.44. The van der Waals surface area contributed by atoms with Crippen molar-refractivity contribution in [1.82, 2.24) is 4.90 Å². The van der Waals surface area contributed by atoms with Gasteiger partial charge in [-0.05, 0) is 61.6 Å². The zero-order chi connectivity index (χ0) is 20.9. The Morgan fingerprint density at radius 2 is 1.80 bits per heavy atom. The van der Waals surface area contributed by atoms with Gasteiger partial charge in [0.25, 0.3) is 5.91 Å². The van der Waals surface area contributed by atoms with Crippen molar-refractivity contribution in [3.8, 4) is 0 Å². The van der Waals surface area contributed by atoms with E-state index in [1.165, 1.54) is 16.7 Å². The molecule has 2 heterocycles. The molecule has 0 spiro atoms. The first-order valence-corrected chi connectivity index (χ1v) is 10.9. The van der Waals surface area contributed by atoms with Crippen molar-refractivity contribution in [2.24, 2.45) is 0 Å². The molecule has 0 unspecified atom stereocenters. The van der Waals surface area contributed by atoms with Gasteiger partial charge in [-0.3, -0.25) is 9.69 Å². The molecule has 0 bridgehead atoms. The van der Waals surface area contributed by atoms with Gasteiger partial charge >= 0.3 is 0 Å². The van der Waals surface area contributed by atoms with Crippen LogP contribution >= 0.6 is 0 Å². The molecular weight excluding hydrogens is 372 g/mol. The molecule has 1 saturated heterocycles. The zero-order valence-corrected chi connectivity index (χ0v) is 17.9. The first-order valence-electron chi connectivity index (χ1n) is 10.9. The van der Waals surface area contributed by atoms with E-state index in [1.807, 2.05) is 4.90 Å². The highest BCUT2D eigenvalue weighted by atomic mass is 16.3. The van der Waals surface area contributed by atoms with Crippen molar-refractivity contribution in [2.45, 2.75) is 45.7 Å². The molecule has 1 aliphatic rings. The normalized spacial score (nSPS) is 15.3. The molecule has 1 aromatic heterocycles. The third kappa shape index (κ3) is 4.65. The van der Waals surface area contributed by atoms with Crippen LogP contribution in [0.4, 0.5) is 5.69 Å². The van der Waals surface area contributed by atoms with Gasteiger partial charge in [0.15, 0.2) is 5.76 Å². The van der Waals surface area contributed by atoms with Crippen LogP contribution in [0, 0.1) is 6.92 Å². The van der Waals surface area contributed by atoms with Gasteiger partial charge in [-0.1, -0.05) is 48.9 Å². The number of anilines is 1. The van der Waals surface area contributed by atoms with E-state index in [9.17, 15) is 4.79 Å². The number of piperidine rings is 1. The number of benzene rings is 2. The minimum Gasteiger partial charge on any atom is -0.459 e. The van der Waals surface area contributed by atoms with Crippen molar-refractivity contribution in [2.75, 3.05) is 18.0 Å². The standard InChI is InChI=1S/C26H30N2O2/c1-3-21-9-11-23(12-10-21)28(26(29)25-8-5-17-30-25)24-13-15-27(16-14-24)19-22-7-4-6-20(2)18-22/h4-12,17-18,24H,3,13-16,19H2,1-2H3. The van der Waals surface area contributed by atoms with Crippen LogP contribution in [0.25, 0.3) is 0 Å². The van der Waals surface area contributed by atoms with Gasteiger partial charge in [0, 0.05) is 31.4 Å². The lowest BCUT2D eigenvalue weighted by Crippen LogP contribution is -2.47. The molecule has 1 aliphatic heterocycles. The summed E-state index contributed by atoms with van der Waals surface area (Å²) >= 11 is 0. The van der Waals surface area contributed by atoms with Crippen molar-refractivity contribution < 1.29 is 9.21 Å². The van der Waals surface area contributed by atoms with Crippen molar-refractivity contribution in [3.63, 3.8) is 0 Å². The SMILES string of the molecule is CCc1ccc(N(C(=O)c2ccco2)C2CCN(Cc3cccc(C)c3)CC2)cc1. The van der Waals surface area contributed by atoms with Crippen LogP contribution in [0.1, 0.15) is 47.0 Å². The second-order valence-electron chi connectivity index (χ2n) is 8.17. The number of aryl methyl sites for hydroxylation is 2. The summed E-state index contributed by atoms with van der Waals surface area (Å²) in [7, 11) is 0. The minimum atomic E-state index is -0.0543. The molecule has 0 saturated carbocycles. The molecule has 0 atom stereocenters. The fourth-order valence-electron chi connectivity index (χ4n) is 4.31. The highest BCUT2D eigenvalue weighted by Crippen LogP contribution is 2.27. The minimum absolute atomic E-state index is 0.0543. The Morgan fingerprint density at radius 3 is 2.43 bits per heavy atom. The summed E-state index contributed by atoms with van der Waals surface area (Å²) in [6, 6.07) is 20.8. The van der Waals surface area contributed by atoms with Crippen LogP contribution in [0.15, 0.2) is 71.3 Å². The van der Waals surface area contributed by atoms with Gasteiger partial charge < -0.3 is 9.32 Å². The first kappa shape index (κ1) is 20.4. The van der Waals surface area contributed by atoms with Crippen molar-refractivity contribution >= 4 is 11.6 Å². The number of carbonyl (C=O) groups excluding carboxylic acids is 1. The fourth-order valence-corrected chi connectivity index (χ4v) is 4.31. The average molecular weight is 403 g/mol. The number of hydrogen-bond donors (Lipinski definition) is 0. The molecule has 1 amide bonds. The number of likely N-dealkylation sites (tertiary alicyclic amines) is 1. The van der Waals surface area contributed by atoms with Gasteiger partial charge in [-0.15, -0.1) is 0 Å². The topological polar surface area (TPSA) is 36.7 Å². The van der Waals surface area contributed by atoms with Gasteiger partial charge in [0.2, 0.25) is 0 Å². The molecule has 30 heavy (non-hydrogen) atoms. The van der Waals surface area contributed by atoms with E-state index in [0.29, 0.717) is 5.76 Å². The van der Waals surface area contributed by atoms with Crippen LogP contribution in [-0.4, -0.2) is 29.9 Å². The highest BCUT2D eigenvalue weighted by Gasteiger charge is 2.31. The van der Waals surface area contributed by atoms with Crippen LogP contribution in [0.5, 0.6) is 0 Å². The molecule has 0 radical (unpaired) electrons. The summed E-state index contributed by atoms with van der Waals surface area (Å²) in [5, 5.41) is 0. The Bertz CT molecular complexity index is 955. The van der Waals surface area contributed by atoms with E-state index in [4.69, 9.17) is 4.42 Å². The van der Waals surface area contributed by atoms with Gasteiger partial charge in [0.1, 0.15) is 0 Å². The van der Waals surface area contributed by atoms with E-state index < -0.39 is 0 Å². The number of carbonyl (C=O) groups is 1. The molecular formula is C26H30N2O2. The summed E-state index contributed by atoms with van der Waals surface area (Å²) in [6.45, 7) is 7.20. The lowest BCUT2D eigenvalue weighted by atomic mass is 10.0. The molecule has 0 N–H and O–H groups in total. The highest BCUT2D eigenvalue weighted by molar-refractivity contribution is 6.04. The van der Waals surface area contributed by atoms with Gasteiger partial charge in [-0.25, -0.2) is 0 Å². The molecule has 3 aromatic rings. The second kappa shape index (κ2) is 9.31. The zero-order valence-electron chi connectivity index (χ0n) is 17.9. The molecule has 156 valence electrons. The molecule has 2 aromatic carbocycles. The third-order valence-electron chi connectivity index (χ3n) is 5.98. The fraction of sp³-hybridized carbons (Fsp3) is 0.346. The molecule has 0 aliphatic carbocycles. The predicted octanol–water partition coefficient (Wildman–Crippen LogP) is 5.46. The number of furan rings is 1. The van der Waals surface area contributed by atoms with Crippen molar-refractivity contribution in [3.05, 3.63) is 89.4 Å². The summed E-state index contributed by atoms with van der Waals surface area (Å²) in [4.78, 5) is 17.7. The summed E-state index contributed by atoms with van der Waals surface area (Å²) in [6.07, 6.45) is 4.46. The average Bonchev–Trinajstić information content (AvgIpc) is 3.31. The first-order chi connectivity index (χ1) is 14.6. The lowest BCUT2D eigenvalue weighted by Gasteiger charge is -2.38. The quantitative estimate of drug-likeness (QED) is 0.549.